The van der Waals surface area contributed by atoms with Gasteiger partial charge in [-0.15, -0.1) is 0 Å². The molecule has 1 aromatic rings. The molecule has 0 aromatic heterocycles. The van der Waals surface area contributed by atoms with Crippen LogP contribution in [0.3, 0.4) is 0 Å². The van der Waals surface area contributed by atoms with Crippen molar-refractivity contribution in [2.75, 3.05) is 19.3 Å². The van der Waals surface area contributed by atoms with E-state index >= 15 is 0 Å². The van der Waals surface area contributed by atoms with E-state index in [9.17, 15) is 9.18 Å². The fraction of sp³-hybridized carbons (Fsp3) is 0.300. The zero-order valence-electron chi connectivity index (χ0n) is 8.53. The lowest BCUT2D eigenvalue weighted by atomic mass is 10.1. The second-order valence-corrected chi connectivity index (χ2v) is 3.48. The number of benzene rings is 1. The van der Waals surface area contributed by atoms with Gasteiger partial charge in [0.05, 0.1) is 6.54 Å². The molecule has 82 valence electrons. The van der Waals surface area contributed by atoms with Gasteiger partial charge in [0.25, 0.3) is 0 Å². The van der Waals surface area contributed by atoms with E-state index in [1.54, 1.807) is 18.0 Å². The van der Waals surface area contributed by atoms with Crippen LogP contribution in [0.4, 0.5) is 10.1 Å². The highest BCUT2D eigenvalue weighted by Crippen LogP contribution is 2.14. The van der Waals surface area contributed by atoms with E-state index in [-0.39, 0.29) is 12.4 Å². The number of amides is 1. The van der Waals surface area contributed by atoms with Crippen LogP contribution in [-0.4, -0.2) is 24.4 Å². The Balaban J connectivity index is 2.68. The van der Waals surface area contributed by atoms with Crippen molar-refractivity contribution in [3.05, 3.63) is 29.6 Å². The van der Waals surface area contributed by atoms with Gasteiger partial charge < -0.3 is 11.5 Å². The Hall–Kier alpha value is -1.62. The summed E-state index contributed by atoms with van der Waals surface area (Å²) in [5.41, 5.74) is 11.8. The molecule has 4 nitrogen and oxygen atoms in total. The number of nitrogens with zero attached hydrogens (tertiary/aromatic N) is 1. The molecule has 0 spiro atoms. The lowest BCUT2D eigenvalue weighted by Gasteiger charge is -2.15. The Morgan fingerprint density at radius 2 is 2.20 bits per heavy atom. The van der Waals surface area contributed by atoms with Gasteiger partial charge in [-0.05, 0) is 24.7 Å². The van der Waals surface area contributed by atoms with E-state index in [1.807, 2.05) is 0 Å². The number of anilines is 1. The van der Waals surface area contributed by atoms with E-state index in [0.717, 1.165) is 5.56 Å². The van der Waals surface area contributed by atoms with Crippen LogP contribution in [0, 0.1) is 5.82 Å². The van der Waals surface area contributed by atoms with Crippen LogP contribution in [-0.2, 0) is 11.3 Å². The Bertz CT molecular complexity index is 368. The van der Waals surface area contributed by atoms with Gasteiger partial charge in [0, 0.05) is 12.2 Å². The maximum atomic E-state index is 12.7. The number of carbonyl (C=O) groups is 1. The van der Waals surface area contributed by atoms with Gasteiger partial charge in [0.2, 0.25) is 5.91 Å². The van der Waals surface area contributed by atoms with Crippen molar-refractivity contribution in [2.24, 2.45) is 5.73 Å². The number of primary amides is 1. The Kier molecular flexibility index (Phi) is 3.62. The molecule has 1 amide bonds. The lowest BCUT2D eigenvalue weighted by molar-refractivity contribution is -0.118. The molecule has 0 aliphatic carbocycles. The molecule has 0 radical (unpaired) electrons. The van der Waals surface area contributed by atoms with E-state index in [4.69, 9.17) is 11.5 Å². The van der Waals surface area contributed by atoms with Gasteiger partial charge in [-0.3, -0.25) is 9.69 Å². The number of rotatable bonds is 4. The summed E-state index contributed by atoms with van der Waals surface area (Å²) in [7, 11) is 1.74. The second kappa shape index (κ2) is 4.75. The molecular weight excluding hydrogens is 197 g/mol. The first kappa shape index (κ1) is 11.5. The van der Waals surface area contributed by atoms with Crippen molar-refractivity contribution < 1.29 is 9.18 Å². The normalized spacial score (nSPS) is 10.6. The smallest absolute Gasteiger partial charge is 0.231 e. The minimum Gasteiger partial charge on any atom is -0.398 e. The molecule has 0 fully saturated rings. The van der Waals surface area contributed by atoms with Crippen LogP contribution in [0.2, 0.25) is 0 Å². The zero-order chi connectivity index (χ0) is 11.4. The fourth-order valence-corrected chi connectivity index (χ4v) is 1.32. The number of nitrogens with two attached hydrogens (primary N) is 2. The van der Waals surface area contributed by atoms with E-state index in [0.29, 0.717) is 12.2 Å². The summed E-state index contributed by atoms with van der Waals surface area (Å²) in [6, 6.07) is 4.19. The minimum atomic E-state index is -0.404. The SMILES string of the molecule is CN(CC(N)=O)Cc1ccc(F)cc1N. The summed E-state index contributed by atoms with van der Waals surface area (Å²) in [4.78, 5) is 12.3. The zero-order valence-corrected chi connectivity index (χ0v) is 8.53. The molecule has 0 aliphatic heterocycles. The van der Waals surface area contributed by atoms with Crippen molar-refractivity contribution in [3.8, 4) is 0 Å². The average molecular weight is 211 g/mol. The number of nitrogen functional groups attached to an aromatic ring is 1. The number of hydrogen-bond acceptors (Lipinski definition) is 3. The molecule has 0 bridgehead atoms. The molecule has 1 aromatic carbocycles. The molecule has 0 heterocycles. The van der Waals surface area contributed by atoms with Crippen LogP contribution in [0.5, 0.6) is 0 Å². The maximum Gasteiger partial charge on any atom is 0.231 e. The van der Waals surface area contributed by atoms with Gasteiger partial charge in [0.1, 0.15) is 5.82 Å². The van der Waals surface area contributed by atoms with Gasteiger partial charge in [0.15, 0.2) is 0 Å². The van der Waals surface area contributed by atoms with Crippen molar-refractivity contribution in [3.63, 3.8) is 0 Å². The quantitative estimate of drug-likeness (QED) is 0.705. The van der Waals surface area contributed by atoms with E-state index < -0.39 is 5.91 Å². The van der Waals surface area contributed by atoms with Gasteiger partial charge >= 0.3 is 0 Å². The first-order chi connectivity index (χ1) is 6.99. The minimum absolute atomic E-state index is 0.150. The van der Waals surface area contributed by atoms with E-state index in [2.05, 4.69) is 0 Å². The van der Waals surface area contributed by atoms with Crippen molar-refractivity contribution in [1.29, 1.82) is 0 Å². The summed E-state index contributed by atoms with van der Waals surface area (Å²) in [6.07, 6.45) is 0. The molecule has 1 rings (SSSR count). The Morgan fingerprint density at radius 3 is 2.73 bits per heavy atom. The number of carbonyl (C=O) groups excluding carboxylic acids is 1. The van der Waals surface area contributed by atoms with Crippen LogP contribution < -0.4 is 11.5 Å². The second-order valence-electron chi connectivity index (χ2n) is 3.48. The number of likely N-dealkylation sites (N-methyl/N-ethyl adjacent to an activating group) is 1. The summed E-state index contributed by atoms with van der Waals surface area (Å²) in [5.74, 6) is -0.771. The third kappa shape index (κ3) is 3.55. The van der Waals surface area contributed by atoms with Crippen LogP contribution >= 0.6 is 0 Å². The van der Waals surface area contributed by atoms with Crippen molar-refractivity contribution in [2.45, 2.75) is 6.54 Å². The Labute approximate surface area is 87.7 Å². The lowest BCUT2D eigenvalue weighted by Crippen LogP contribution is -2.30. The standard InChI is InChI=1S/C10H14FN3O/c1-14(6-10(13)15)5-7-2-3-8(11)4-9(7)12/h2-4H,5-6,12H2,1H3,(H2,13,15). The van der Waals surface area contributed by atoms with Gasteiger partial charge in [-0.2, -0.15) is 0 Å². The average Bonchev–Trinajstić information content (AvgIpc) is 2.08. The van der Waals surface area contributed by atoms with Crippen LogP contribution in [0.25, 0.3) is 0 Å². The molecule has 15 heavy (non-hydrogen) atoms. The highest BCUT2D eigenvalue weighted by Gasteiger charge is 2.06. The molecule has 0 saturated carbocycles. The molecular formula is C10H14FN3O. The molecule has 5 heteroatoms. The third-order valence-electron chi connectivity index (χ3n) is 1.97. The number of halogens is 1. The molecule has 0 unspecified atom stereocenters. The summed E-state index contributed by atoms with van der Waals surface area (Å²) in [6.45, 7) is 0.617. The third-order valence-corrected chi connectivity index (χ3v) is 1.97. The van der Waals surface area contributed by atoms with Crippen LogP contribution in [0.15, 0.2) is 18.2 Å². The fourth-order valence-electron chi connectivity index (χ4n) is 1.32. The molecule has 0 saturated heterocycles. The molecule has 4 N–H and O–H groups in total. The monoisotopic (exact) mass is 211 g/mol. The number of hydrogen-bond donors (Lipinski definition) is 2. The highest BCUT2D eigenvalue weighted by atomic mass is 19.1. The Morgan fingerprint density at radius 1 is 1.53 bits per heavy atom. The largest absolute Gasteiger partial charge is 0.398 e. The van der Waals surface area contributed by atoms with Gasteiger partial charge in [-0.25, -0.2) is 4.39 Å². The summed E-state index contributed by atoms with van der Waals surface area (Å²) < 4.78 is 12.7. The topological polar surface area (TPSA) is 72.3 Å². The predicted octanol–water partition coefficient (Wildman–Crippen LogP) is 0.325. The maximum absolute atomic E-state index is 12.7. The van der Waals surface area contributed by atoms with Crippen molar-refractivity contribution in [1.82, 2.24) is 4.90 Å². The van der Waals surface area contributed by atoms with Crippen LogP contribution in [0.1, 0.15) is 5.56 Å². The first-order valence-electron chi connectivity index (χ1n) is 4.50. The van der Waals surface area contributed by atoms with Crippen molar-refractivity contribution >= 4 is 11.6 Å². The predicted molar refractivity (Wildman–Crippen MR) is 56.3 cm³/mol. The van der Waals surface area contributed by atoms with E-state index in [1.165, 1.54) is 12.1 Å². The molecule has 0 aliphatic rings. The summed E-state index contributed by atoms with van der Waals surface area (Å²) in [5, 5.41) is 0. The highest BCUT2D eigenvalue weighted by molar-refractivity contribution is 5.75. The first-order valence-corrected chi connectivity index (χ1v) is 4.50. The summed E-state index contributed by atoms with van der Waals surface area (Å²) >= 11 is 0. The van der Waals surface area contributed by atoms with Gasteiger partial charge in [-0.1, -0.05) is 6.07 Å². The molecule has 0 atom stereocenters.